The van der Waals surface area contributed by atoms with E-state index in [2.05, 4.69) is 4.98 Å². The molecule has 4 nitrogen and oxygen atoms in total. The number of aliphatic hydroxyl groups is 1. The van der Waals surface area contributed by atoms with E-state index in [9.17, 15) is 4.79 Å². The second kappa shape index (κ2) is 4.14. The highest BCUT2D eigenvalue weighted by Crippen LogP contribution is 2.08. The number of benzene rings is 1. The molecule has 2 rings (SSSR count). The summed E-state index contributed by atoms with van der Waals surface area (Å²) in [6, 6.07) is 7.55. The number of hydrogen-bond donors (Lipinski definition) is 2. The van der Waals surface area contributed by atoms with E-state index in [0.717, 1.165) is 11.3 Å². The number of rotatable bonds is 3. The molecule has 0 saturated heterocycles. The molecule has 0 saturated carbocycles. The second-order valence-corrected chi connectivity index (χ2v) is 3.28. The summed E-state index contributed by atoms with van der Waals surface area (Å²) in [5, 5.41) is 8.82. The van der Waals surface area contributed by atoms with Gasteiger partial charge >= 0.3 is 5.69 Å². The molecule has 0 radical (unpaired) electrons. The van der Waals surface area contributed by atoms with Gasteiger partial charge in [0, 0.05) is 19.0 Å². The summed E-state index contributed by atoms with van der Waals surface area (Å²) >= 11 is 0. The number of aromatic amines is 1. The van der Waals surface area contributed by atoms with Crippen molar-refractivity contribution in [3.05, 3.63) is 52.7 Å². The van der Waals surface area contributed by atoms with Crippen LogP contribution in [0.15, 0.2) is 41.5 Å². The Kier molecular flexibility index (Phi) is 2.69. The SMILES string of the molecule is O=c1[nH]ccn1-c1cccc(CCO)c1. The Morgan fingerprint density at radius 2 is 2.27 bits per heavy atom. The minimum atomic E-state index is -0.156. The molecule has 78 valence electrons. The predicted octanol–water partition coefficient (Wildman–Crippen LogP) is 0.700. The maximum absolute atomic E-state index is 11.3. The highest BCUT2D eigenvalue weighted by atomic mass is 16.2. The van der Waals surface area contributed by atoms with Gasteiger partial charge in [0.2, 0.25) is 0 Å². The van der Waals surface area contributed by atoms with Crippen molar-refractivity contribution in [2.24, 2.45) is 0 Å². The topological polar surface area (TPSA) is 58.0 Å². The number of hydrogen-bond acceptors (Lipinski definition) is 2. The van der Waals surface area contributed by atoms with Crippen molar-refractivity contribution in [1.82, 2.24) is 9.55 Å². The van der Waals surface area contributed by atoms with E-state index in [1.807, 2.05) is 24.3 Å². The van der Waals surface area contributed by atoms with Crippen LogP contribution < -0.4 is 5.69 Å². The van der Waals surface area contributed by atoms with Crippen LogP contribution in [0, 0.1) is 0 Å². The van der Waals surface area contributed by atoms with Crippen molar-refractivity contribution < 1.29 is 5.11 Å². The summed E-state index contributed by atoms with van der Waals surface area (Å²) in [6.07, 6.45) is 3.88. The summed E-state index contributed by atoms with van der Waals surface area (Å²) in [5.74, 6) is 0. The minimum Gasteiger partial charge on any atom is -0.396 e. The smallest absolute Gasteiger partial charge is 0.330 e. The average Bonchev–Trinajstić information content (AvgIpc) is 2.65. The van der Waals surface area contributed by atoms with Crippen molar-refractivity contribution in [1.29, 1.82) is 0 Å². The fourth-order valence-electron chi connectivity index (χ4n) is 1.51. The van der Waals surface area contributed by atoms with Gasteiger partial charge in [-0.3, -0.25) is 4.57 Å². The van der Waals surface area contributed by atoms with E-state index in [1.54, 1.807) is 12.4 Å². The third-order valence-corrected chi connectivity index (χ3v) is 2.24. The Bertz CT molecular complexity index is 499. The van der Waals surface area contributed by atoms with Crippen molar-refractivity contribution in [2.75, 3.05) is 6.61 Å². The number of nitrogens with zero attached hydrogens (tertiary/aromatic N) is 1. The minimum absolute atomic E-state index is 0.117. The van der Waals surface area contributed by atoms with Crippen LogP contribution in [0.25, 0.3) is 5.69 Å². The Morgan fingerprint density at radius 3 is 2.93 bits per heavy atom. The highest BCUT2D eigenvalue weighted by molar-refractivity contribution is 5.35. The molecule has 0 aliphatic heterocycles. The zero-order valence-corrected chi connectivity index (χ0v) is 8.18. The van der Waals surface area contributed by atoms with Gasteiger partial charge in [0.05, 0.1) is 5.69 Å². The van der Waals surface area contributed by atoms with Gasteiger partial charge < -0.3 is 10.1 Å². The van der Waals surface area contributed by atoms with Crippen LogP contribution in [-0.4, -0.2) is 21.3 Å². The standard InChI is InChI=1S/C11H12N2O2/c14-7-4-9-2-1-3-10(8-9)13-6-5-12-11(13)15/h1-3,5-6,8,14H,4,7H2,(H,12,15). The summed E-state index contributed by atoms with van der Waals surface area (Å²) in [7, 11) is 0. The fraction of sp³-hybridized carbons (Fsp3) is 0.182. The zero-order chi connectivity index (χ0) is 10.7. The molecule has 1 aromatic carbocycles. The number of aromatic nitrogens is 2. The molecule has 0 unspecified atom stereocenters. The van der Waals surface area contributed by atoms with E-state index >= 15 is 0 Å². The van der Waals surface area contributed by atoms with E-state index in [0.29, 0.717) is 6.42 Å². The summed E-state index contributed by atoms with van der Waals surface area (Å²) < 4.78 is 1.53. The number of aliphatic hydroxyl groups excluding tert-OH is 1. The normalized spacial score (nSPS) is 10.5. The van der Waals surface area contributed by atoms with Crippen molar-refractivity contribution in [3.63, 3.8) is 0 Å². The predicted molar refractivity (Wildman–Crippen MR) is 57.2 cm³/mol. The Hall–Kier alpha value is -1.81. The van der Waals surface area contributed by atoms with Gasteiger partial charge in [-0.25, -0.2) is 4.79 Å². The molecule has 1 aromatic heterocycles. The van der Waals surface area contributed by atoms with E-state index in [-0.39, 0.29) is 12.3 Å². The first kappa shape index (κ1) is 9.73. The fourth-order valence-corrected chi connectivity index (χ4v) is 1.51. The molecular weight excluding hydrogens is 192 g/mol. The summed E-state index contributed by atoms with van der Waals surface area (Å²) in [5.41, 5.74) is 1.67. The first-order valence-electron chi connectivity index (χ1n) is 4.77. The maximum Gasteiger partial charge on any atom is 0.330 e. The van der Waals surface area contributed by atoms with E-state index in [4.69, 9.17) is 5.11 Å². The first-order chi connectivity index (χ1) is 7.31. The molecule has 0 aliphatic rings. The molecule has 0 aliphatic carbocycles. The van der Waals surface area contributed by atoms with Gasteiger partial charge in [-0.1, -0.05) is 12.1 Å². The monoisotopic (exact) mass is 204 g/mol. The molecule has 0 fully saturated rings. The lowest BCUT2D eigenvalue weighted by molar-refractivity contribution is 0.299. The largest absolute Gasteiger partial charge is 0.396 e. The van der Waals surface area contributed by atoms with Crippen LogP contribution in [0.1, 0.15) is 5.56 Å². The lowest BCUT2D eigenvalue weighted by atomic mass is 10.1. The molecular formula is C11H12N2O2. The third kappa shape index (κ3) is 1.99. The van der Waals surface area contributed by atoms with Gasteiger partial charge in [-0.15, -0.1) is 0 Å². The quantitative estimate of drug-likeness (QED) is 0.773. The average molecular weight is 204 g/mol. The molecule has 0 bridgehead atoms. The third-order valence-electron chi connectivity index (χ3n) is 2.24. The number of imidazole rings is 1. The van der Waals surface area contributed by atoms with Crippen LogP contribution in [-0.2, 0) is 6.42 Å². The molecule has 2 N–H and O–H groups in total. The van der Waals surface area contributed by atoms with Crippen molar-refractivity contribution in [3.8, 4) is 5.69 Å². The van der Waals surface area contributed by atoms with Crippen molar-refractivity contribution in [2.45, 2.75) is 6.42 Å². The van der Waals surface area contributed by atoms with Crippen LogP contribution in [0.4, 0.5) is 0 Å². The van der Waals surface area contributed by atoms with Crippen molar-refractivity contribution >= 4 is 0 Å². The van der Waals surface area contributed by atoms with Crippen LogP contribution >= 0.6 is 0 Å². The Balaban J connectivity index is 2.41. The molecule has 15 heavy (non-hydrogen) atoms. The number of H-pyrrole nitrogens is 1. The molecule has 0 amide bonds. The van der Waals surface area contributed by atoms with Gasteiger partial charge in [-0.2, -0.15) is 0 Å². The molecule has 0 spiro atoms. The van der Waals surface area contributed by atoms with Gasteiger partial charge in [-0.05, 0) is 24.1 Å². The van der Waals surface area contributed by atoms with Crippen LogP contribution in [0.5, 0.6) is 0 Å². The van der Waals surface area contributed by atoms with Gasteiger partial charge in [0.15, 0.2) is 0 Å². The maximum atomic E-state index is 11.3. The zero-order valence-electron chi connectivity index (χ0n) is 8.18. The van der Waals surface area contributed by atoms with Crippen LogP contribution in [0.3, 0.4) is 0 Å². The van der Waals surface area contributed by atoms with E-state index < -0.39 is 0 Å². The molecule has 2 aromatic rings. The molecule has 1 heterocycles. The summed E-state index contributed by atoms with van der Waals surface area (Å²) in [6.45, 7) is 0.117. The van der Waals surface area contributed by atoms with E-state index in [1.165, 1.54) is 4.57 Å². The molecule has 0 atom stereocenters. The van der Waals surface area contributed by atoms with Crippen LogP contribution in [0.2, 0.25) is 0 Å². The van der Waals surface area contributed by atoms with Gasteiger partial charge in [0.1, 0.15) is 0 Å². The first-order valence-corrected chi connectivity index (χ1v) is 4.77. The number of nitrogens with one attached hydrogen (secondary N) is 1. The summed E-state index contributed by atoms with van der Waals surface area (Å²) in [4.78, 5) is 13.9. The second-order valence-electron chi connectivity index (χ2n) is 3.28. The Morgan fingerprint density at radius 1 is 1.40 bits per heavy atom. The lowest BCUT2D eigenvalue weighted by Gasteiger charge is -2.03. The highest BCUT2D eigenvalue weighted by Gasteiger charge is 2.00. The van der Waals surface area contributed by atoms with Gasteiger partial charge in [0.25, 0.3) is 0 Å². The Labute approximate surface area is 86.8 Å². The molecule has 4 heteroatoms. The lowest BCUT2D eigenvalue weighted by Crippen LogP contribution is -2.14.